The van der Waals surface area contributed by atoms with Gasteiger partial charge in [0.25, 0.3) is 0 Å². The van der Waals surface area contributed by atoms with Crippen molar-refractivity contribution < 1.29 is 14.0 Å². The molecule has 130 valence electrons. The number of hydrogen-bond acceptors (Lipinski definition) is 2. The van der Waals surface area contributed by atoms with Gasteiger partial charge in [0.15, 0.2) is 0 Å². The summed E-state index contributed by atoms with van der Waals surface area (Å²) in [6, 6.07) is 10.4. The first-order valence-electron chi connectivity index (χ1n) is 7.75. The van der Waals surface area contributed by atoms with E-state index in [-0.39, 0.29) is 23.9 Å². The van der Waals surface area contributed by atoms with Crippen LogP contribution in [0.15, 0.2) is 42.5 Å². The molecule has 1 heterocycles. The third-order valence-corrected chi connectivity index (χ3v) is 4.79. The average Bonchev–Trinajstić information content (AvgIpc) is 2.92. The summed E-state index contributed by atoms with van der Waals surface area (Å²) >= 11 is 12.1. The average molecular weight is 381 g/mol. The second kappa shape index (κ2) is 7.42. The van der Waals surface area contributed by atoms with E-state index in [4.69, 9.17) is 23.2 Å². The van der Waals surface area contributed by atoms with Crippen molar-refractivity contribution in [2.75, 3.05) is 11.4 Å². The molecule has 7 heteroatoms. The van der Waals surface area contributed by atoms with Gasteiger partial charge in [-0.2, -0.15) is 0 Å². The largest absolute Gasteiger partial charge is 0.344 e. The SMILES string of the molecule is O=C(Cc1c(Cl)cccc1Cl)NC1CCN(c2ccccc2F)C1=O. The monoisotopic (exact) mass is 380 g/mol. The van der Waals surface area contributed by atoms with Crippen LogP contribution in [0.25, 0.3) is 0 Å². The van der Waals surface area contributed by atoms with Crippen molar-refractivity contribution in [3.63, 3.8) is 0 Å². The van der Waals surface area contributed by atoms with Crippen molar-refractivity contribution in [2.24, 2.45) is 0 Å². The minimum atomic E-state index is -0.687. The Morgan fingerprint density at radius 3 is 2.52 bits per heavy atom. The number of halogens is 3. The van der Waals surface area contributed by atoms with Crippen LogP contribution in [0.5, 0.6) is 0 Å². The first-order chi connectivity index (χ1) is 12.0. The molecule has 1 unspecified atom stereocenters. The second-order valence-corrected chi connectivity index (χ2v) is 6.54. The van der Waals surface area contributed by atoms with Gasteiger partial charge < -0.3 is 10.2 Å². The van der Waals surface area contributed by atoms with Crippen LogP contribution in [0.3, 0.4) is 0 Å². The lowest BCUT2D eigenvalue weighted by Crippen LogP contribution is -2.42. The molecule has 1 atom stereocenters. The minimum absolute atomic E-state index is 0.0258. The highest BCUT2D eigenvalue weighted by molar-refractivity contribution is 6.36. The van der Waals surface area contributed by atoms with Crippen molar-refractivity contribution in [2.45, 2.75) is 18.9 Å². The number of rotatable bonds is 4. The van der Waals surface area contributed by atoms with Gasteiger partial charge in [-0.05, 0) is 36.2 Å². The standard InChI is InChI=1S/C18H15Cl2FN2O2/c19-12-4-3-5-13(20)11(12)10-17(24)22-15-8-9-23(18(15)25)16-7-2-1-6-14(16)21/h1-7,15H,8-10H2,(H,22,24). The van der Waals surface area contributed by atoms with E-state index in [1.807, 2.05) is 0 Å². The molecule has 0 radical (unpaired) electrons. The number of nitrogens with zero attached hydrogens (tertiary/aromatic N) is 1. The first kappa shape index (κ1) is 17.7. The molecule has 2 aromatic rings. The van der Waals surface area contributed by atoms with Crippen LogP contribution >= 0.6 is 23.2 Å². The smallest absolute Gasteiger partial charge is 0.249 e. The lowest BCUT2D eigenvalue weighted by atomic mass is 10.1. The molecule has 2 aromatic carbocycles. The molecule has 0 spiro atoms. The maximum absolute atomic E-state index is 13.9. The molecule has 0 aliphatic carbocycles. The van der Waals surface area contributed by atoms with Crippen LogP contribution in [0.4, 0.5) is 10.1 Å². The fourth-order valence-corrected chi connectivity index (χ4v) is 3.36. The van der Waals surface area contributed by atoms with Crippen LogP contribution in [-0.2, 0) is 16.0 Å². The number of carbonyl (C=O) groups excluding carboxylic acids is 2. The summed E-state index contributed by atoms with van der Waals surface area (Å²) in [5.41, 5.74) is 0.734. The predicted molar refractivity (Wildman–Crippen MR) is 95.5 cm³/mol. The Balaban J connectivity index is 1.67. The molecule has 1 N–H and O–H groups in total. The van der Waals surface area contributed by atoms with E-state index in [1.54, 1.807) is 36.4 Å². The van der Waals surface area contributed by atoms with Crippen molar-refractivity contribution in [1.29, 1.82) is 0 Å². The number of carbonyl (C=O) groups is 2. The molecule has 0 bridgehead atoms. The quantitative estimate of drug-likeness (QED) is 0.880. The Kier molecular flexibility index (Phi) is 5.25. The van der Waals surface area contributed by atoms with E-state index in [9.17, 15) is 14.0 Å². The van der Waals surface area contributed by atoms with E-state index in [1.165, 1.54) is 11.0 Å². The topological polar surface area (TPSA) is 49.4 Å². The summed E-state index contributed by atoms with van der Waals surface area (Å²) in [4.78, 5) is 26.1. The van der Waals surface area contributed by atoms with E-state index in [0.29, 0.717) is 28.6 Å². The van der Waals surface area contributed by atoms with Gasteiger partial charge in [0.05, 0.1) is 12.1 Å². The molecule has 1 aliphatic heterocycles. The zero-order valence-electron chi connectivity index (χ0n) is 13.1. The van der Waals surface area contributed by atoms with Gasteiger partial charge in [-0.1, -0.05) is 41.4 Å². The Hall–Kier alpha value is -2.11. The van der Waals surface area contributed by atoms with Gasteiger partial charge in [-0.15, -0.1) is 0 Å². The Morgan fingerprint density at radius 2 is 1.84 bits per heavy atom. The molecule has 1 fully saturated rings. The maximum Gasteiger partial charge on any atom is 0.249 e. The minimum Gasteiger partial charge on any atom is -0.344 e. The third kappa shape index (κ3) is 3.78. The highest BCUT2D eigenvalue weighted by atomic mass is 35.5. The maximum atomic E-state index is 13.9. The van der Waals surface area contributed by atoms with Gasteiger partial charge in [0.2, 0.25) is 11.8 Å². The molecular weight excluding hydrogens is 366 g/mol. The number of nitrogens with one attached hydrogen (secondary N) is 1. The molecule has 0 saturated carbocycles. The highest BCUT2D eigenvalue weighted by Crippen LogP contribution is 2.26. The summed E-state index contributed by atoms with van der Waals surface area (Å²) in [5.74, 6) is -1.15. The zero-order chi connectivity index (χ0) is 18.0. The van der Waals surface area contributed by atoms with Crippen molar-refractivity contribution in [1.82, 2.24) is 5.32 Å². The summed E-state index contributed by atoms with van der Waals surface area (Å²) in [6.45, 7) is 0.345. The summed E-state index contributed by atoms with van der Waals surface area (Å²) in [5, 5.41) is 3.47. The van der Waals surface area contributed by atoms with E-state index in [0.717, 1.165) is 0 Å². The molecule has 1 aliphatic rings. The van der Waals surface area contributed by atoms with Gasteiger partial charge in [0.1, 0.15) is 11.9 Å². The molecular formula is C18H15Cl2FN2O2. The molecule has 2 amide bonds. The van der Waals surface area contributed by atoms with Crippen LogP contribution in [-0.4, -0.2) is 24.4 Å². The van der Waals surface area contributed by atoms with Crippen LogP contribution in [0.2, 0.25) is 10.0 Å². The number of amides is 2. The number of hydrogen-bond donors (Lipinski definition) is 1. The van der Waals surface area contributed by atoms with Gasteiger partial charge >= 0.3 is 0 Å². The van der Waals surface area contributed by atoms with Gasteiger partial charge in [-0.3, -0.25) is 9.59 Å². The summed E-state index contributed by atoms with van der Waals surface area (Å²) < 4.78 is 13.9. The third-order valence-electron chi connectivity index (χ3n) is 4.08. The Bertz CT molecular complexity index is 808. The van der Waals surface area contributed by atoms with Gasteiger partial charge in [0, 0.05) is 16.6 Å². The zero-order valence-corrected chi connectivity index (χ0v) is 14.6. The Morgan fingerprint density at radius 1 is 1.16 bits per heavy atom. The summed E-state index contributed by atoms with van der Waals surface area (Å²) in [6.07, 6.45) is 0.386. The molecule has 25 heavy (non-hydrogen) atoms. The molecule has 3 rings (SSSR count). The highest BCUT2D eigenvalue weighted by Gasteiger charge is 2.34. The fourth-order valence-electron chi connectivity index (χ4n) is 2.83. The number of benzene rings is 2. The van der Waals surface area contributed by atoms with E-state index >= 15 is 0 Å². The van der Waals surface area contributed by atoms with Crippen LogP contribution in [0.1, 0.15) is 12.0 Å². The fraction of sp³-hybridized carbons (Fsp3) is 0.222. The lowest BCUT2D eigenvalue weighted by Gasteiger charge is -2.18. The lowest BCUT2D eigenvalue weighted by molar-refractivity contribution is -0.126. The van der Waals surface area contributed by atoms with Crippen molar-refractivity contribution >= 4 is 40.7 Å². The van der Waals surface area contributed by atoms with Crippen LogP contribution in [0, 0.1) is 5.82 Å². The Labute approximate surface area is 154 Å². The van der Waals surface area contributed by atoms with Crippen molar-refractivity contribution in [3.05, 3.63) is 63.9 Å². The second-order valence-electron chi connectivity index (χ2n) is 5.73. The first-order valence-corrected chi connectivity index (χ1v) is 8.51. The number of anilines is 1. The normalized spacial score (nSPS) is 17.0. The van der Waals surface area contributed by atoms with E-state index < -0.39 is 11.9 Å². The van der Waals surface area contributed by atoms with Crippen molar-refractivity contribution in [3.8, 4) is 0 Å². The van der Waals surface area contributed by atoms with E-state index in [2.05, 4.69) is 5.32 Å². The molecule has 1 saturated heterocycles. The summed E-state index contributed by atoms with van der Waals surface area (Å²) in [7, 11) is 0. The molecule has 0 aromatic heterocycles. The van der Waals surface area contributed by atoms with Gasteiger partial charge in [-0.25, -0.2) is 4.39 Å². The number of para-hydroxylation sites is 1. The van der Waals surface area contributed by atoms with Crippen LogP contribution < -0.4 is 10.2 Å². The predicted octanol–water partition coefficient (Wildman–Crippen LogP) is 3.60. The molecule has 4 nitrogen and oxygen atoms in total.